The van der Waals surface area contributed by atoms with Gasteiger partial charge < -0.3 is 4.74 Å². The molecule has 0 aromatic heterocycles. The molecule has 0 amide bonds. The minimum Gasteiger partial charge on any atom is -0.374 e. The molecule has 0 spiro atoms. The molecule has 5 nitrogen and oxygen atoms in total. The number of hydrogen-bond acceptors (Lipinski definition) is 5. The fourth-order valence-corrected chi connectivity index (χ4v) is 3.33. The molecule has 2 rings (SSSR count). The highest BCUT2D eigenvalue weighted by Gasteiger charge is 2.26. The van der Waals surface area contributed by atoms with E-state index >= 15 is 0 Å². The van der Waals surface area contributed by atoms with E-state index in [2.05, 4.69) is 34.6 Å². The summed E-state index contributed by atoms with van der Waals surface area (Å²) in [6.07, 6.45) is 2.43. The summed E-state index contributed by atoms with van der Waals surface area (Å²) in [5.74, 6) is 0. The molecule has 0 aromatic rings. The van der Waals surface area contributed by atoms with Gasteiger partial charge in [0, 0.05) is 45.8 Å². The molecule has 2 aliphatic rings. The molecule has 21 heavy (non-hydrogen) atoms. The number of likely N-dealkylation sites (N-methyl/N-ethyl adjacent to an activating group) is 1. The first-order valence-electron chi connectivity index (χ1n) is 8.46. The lowest BCUT2D eigenvalue weighted by atomic mass is 10.1. The highest BCUT2D eigenvalue weighted by Crippen LogP contribution is 2.13. The summed E-state index contributed by atoms with van der Waals surface area (Å²) in [5, 5.41) is 9.26. The monoisotopic (exact) mass is 294 g/mol. The number of nitriles is 1. The minimum absolute atomic E-state index is 0.110. The maximum Gasteiger partial charge on any atom is 0.0978 e. The van der Waals surface area contributed by atoms with E-state index in [9.17, 15) is 5.26 Å². The van der Waals surface area contributed by atoms with Crippen molar-refractivity contribution < 1.29 is 4.74 Å². The van der Waals surface area contributed by atoms with Gasteiger partial charge in [0.05, 0.1) is 24.8 Å². The Balaban J connectivity index is 1.72. The molecule has 0 radical (unpaired) electrons. The normalized spacial score (nSPS) is 27.4. The molecule has 120 valence electrons. The highest BCUT2D eigenvalue weighted by molar-refractivity contribution is 4.93. The van der Waals surface area contributed by atoms with Gasteiger partial charge >= 0.3 is 0 Å². The molecule has 2 atom stereocenters. The lowest BCUT2D eigenvalue weighted by Crippen LogP contribution is -2.54. The first kappa shape index (κ1) is 16.7. The second-order valence-corrected chi connectivity index (χ2v) is 6.16. The van der Waals surface area contributed by atoms with Crippen LogP contribution in [0.15, 0.2) is 0 Å². The predicted molar refractivity (Wildman–Crippen MR) is 84.2 cm³/mol. The van der Waals surface area contributed by atoms with Crippen molar-refractivity contribution >= 4 is 0 Å². The quantitative estimate of drug-likeness (QED) is 0.731. The summed E-state index contributed by atoms with van der Waals surface area (Å²) in [7, 11) is 0. The molecule has 2 aliphatic heterocycles. The summed E-state index contributed by atoms with van der Waals surface area (Å²) in [4.78, 5) is 7.32. The Bertz CT molecular complexity index is 336. The third-order valence-corrected chi connectivity index (χ3v) is 4.69. The highest BCUT2D eigenvalue weighted by atomic mass is 16.5. The fourth-order valence-electron chi connectivity index (χ4n) is 3.33. The van der Waals surface area contributed by atoms with E-state index in [1.165, 1.54) is 0 Å². The molecule has 0 aliphatic carbocycles. The van der Waals surface area contributed by atoms with Crippen LogP contribution < -0.4 is 0 Å². The van der Waals surface area contributed by atoms with Crippen molar-refractivity contribution in [2.75, 3.05) is 59.0 Å². The summed E-state index contributed by atoms with van der Waals surface area (Å²) < 4.78 is 5.90. The zero-order valence-electron chi connectivity index (χ0n) is 13.6. The Labute approximate surface area is 129 Å². The van der Waals surface area contributed by atoms with Crippen LogP contribution in [0.1, 0.15) is 26.7 Å². The molecule has 2 saturated heterocycles. The lowest BCUT2D eigenvalue weighted by Gasteiger charge is -2.40. The second kappa shape index (κ2) is 8.70. The van der Waals surface area contributed by atoms with Gasteiger partial charge in [0.25, 0.3) is 0 Å². The Kier molecular flexibility index (Phi) is 6.91. The van der Waals surface area contributed by atoms with E-state index < -0.39 is 0 Å². The number of morpholine rings is 1. The van der Waals surface area contributed by atoms with E-state index in [1.807, 2.05) is 0 Å². The Morgan fingerprint density at radius 1 is 1.14 bits per heavy atom. The lowest BCUT2D eigenvalue weighted by molar-refractivity contribution is -0.0476. The van der Waals surface area contributed by atoms with Gasteiger partial charge in [-0.2, -0.15) is 5.26 Å². The van der Waals surface area contributed by atoms with E-state index in [1.54, 1.807) is 0 Å². The first-order valence-corrected chi connectivity index (χ1v) is 8.46. The topological polar surface area (TPSA) is 42.7 Å². The molecule has 0 saturated carbocycles. The molecule has 2 heterocycles. The number of hydrogen-bond donors (Lipinski definition) is 0. The summed E-state index contributed by atoms with van der Waals surface area (Å²) in [6.45, 7) is 13.7. The van der Waals surface area contributed by atoms with Gasteiger partial charge in [-0.15, -0.1) is 0 Å². The molecule has 2 fully saturated rings. The Hall–Kier alpha value is -0.670. The summed E-state index contributed by atoms with van der Waals surface area (Å²) >= 11 is 0. The zero-order valence-corrected chi connectivity index (χ0v) is 13.6. The van der Waals surface area contributed by atoms with Gasteiger partial charge in [-0.1, -0.05) is 20.3 Å². The van der Waals surface area contributed by atoms with Gasteiger partial charge in [-0.05, 0) is 13.0 Å². The second-order valence-electron chi connectivity index (χ2n) is 6.16. The molecular weight excluding hydrogens is 264 g/mol. The molecule has 0 N–H and O–H groups in total. The Morgan fingerprint density at radius 3 is 2.52 bits per heavy atom. The van der Waals surface area contributed by atoms with Crippen molar-refractivity contribution in [1.29, 1.82) is 5.26 Å². The smallest absolute Gasteiger partial charge is 0.0978 e. The van der Waals surface area contributed by atoms with Crippen molar-refractivity contribution in [2.24, 2.45) is 0 Å². The largest absolute Gasteiger partial charge is 0.374 e. The van der Waals surface area contributed by atoms with Crippen molar-refractivity contribution in [3.05, 3.63) is 0 Å². The van der Waals surface area contributed by atoms with E-state index in [-0.39, 0.29) is 6.04 Å². The average Bonchev–Trinajstić information content (AvgIpc) is 2.54. The molecule has 5 heteroatoms. The third kappa shape index (κ3) is 4.93. The predicted octanol–water partition coefficient (Wildman–Crippen LogP) is 1.02. The van der Waals surface area contributed by atoms with Gasteiger partial charge in [0.15, 0.2) is 0 Å². The molecular formula is C16H30N4O. The van der Waals surface area contributed by atoms with E-state index in [4.69, 9.17) is 4.74 Å². The van der Waals surface area contributed by atoms with E-state index in [0.29, 0.717) is 6.10 Å². The van der Waals surface area contributed by atoms with Crippen LogP contribution in [-0.4, -0.2) is 85.8 Å². The van der Waals surface area contributed by atoms with Crippen LogP contribution in [0.4, 0.5) is 0 Å². The van der Waals surface area contributed by atoms with Crippen LogP contribution in [0, 0.1) is 11.3 Å². The average molecular weight is 294 g/mol. The minimum atomic E-state index is 0.110. The van der Waals surface area contributed by atoms with Crippen LogP contribution in [0.5, 0.6) is 0 Å². The van der Waals surface area contributed by atoms with Gasteiger partial charge in [-0.25, -0.2) is 0 Å². The SMILES string of the molecule is CCCC(C#N)N1CCN(CC2CN(CC)CCO2)CC1. The fraction of sp³-hybridized carbons (Fsp3) is 0.938. The molecule has 0 aromatic carbocycles. The number of piperazine rings is 1. The van der Waals surface area contributed by atoms with Gasteiger partial charge in [-0.3, -0.25) is 14.7 Å². The van der Waals surface area contributed by atoms with Crippen molar-refractivity contribution in [1.82, 2.24) is 14.7 Å². The standard InChI is InChI=1S/C16H30N4O/c1-3-5-15(12-17)20-8-6-19(7-9-20)14-16-13-18(4-2)10-11-21-16/h15-16H,3-11,13-14H2,1-2H3. The molecule has 2 unspecified atom stereocenters. The van der Waals surface area contributed by atoms with Crippen molar-refractivity contribution in [2.45, 2.75) is 38.8 Å². The van der Waals surface area contributed by atoms with Crippen LogP contribution in [-0.2, 0) is 4.74 Å². The van der Waals surface area contributed by atoms with Crippen LogP contribution >= 0.6 is 0 Å². The van der Waals surface area contributed by atoms with Crippen LogP contribution in [0.3, 0.4) is 0 Å². The van der Waals surface area contributed by atoms with Gasteiger partial charge in [0.1, 0.15) is 0 Å². The maximum absolute atomic E-state index is 9.26. The van der Waals surface area contributed by atoms with Crippen molar-refractivity contribution in [3.63, 3.8) is 0 Å². The first-order chi connectivity index (χ1) is 10.3. The third-order valence-electron chi connectivity index (χ3n) is 4.69. The zero-order chi connectivity index (χ0) is 15.1. The number of rotatable bonds is 6. The maximum atomic E-state index is 9.26. The Morgan fingerprint density at radius 2 is 1.90 bits per heavy atom. The van der Waals surface area contributed by atoms with Crippen LogP contribution in [0.2, 0.25) is 0 Å². The number of ether oxygens (including phenoxy) is 1. The summed E-state index contributed by atoms with van der Waals surface area (Å²) in [5.41, 5.74) is 0. The molecule has 0 bridgehead atoms. The van der Waals surface area contributed by atoms with Crippen LogP contribution in [0.25, 0.3) is 0 Å². The van der Waals surface area contributed by atoms with Gasteiger partial charge in [0.2, 0.25) is 0 Å². The van der Waals surface area contributed by atoms with Crippen molar-refractivity contribution in [3.8, 4) is 6.07 Å². The summed E-state index contributed by atoms with van der Waals surface area (Å²) in [6, 6.07) is 2.57. The number of nitrogens with zero attached hydrogens (tertiary/aromatic N) is 4. The van der Waals surface area contributed by atoms with E-state index in [0.717, 1.165) is 71.8 Å².